The summed E-state index contributed by atoms with van der Waals surface area (Å²) in [6.45, 7) is 4.49. The van der Waals surface area contributed by atoms with Gasteiger partial charge in [-0.1, -0.05) is 117 Å². The quantitative estimate of drug-likeness (QED) is 0.135. The Bertz CT molecular complexity index is 490. The zero-order valence-corrected chi connectivity index (χ0v) is 22.0. The third-order valence-electron chi connectivity index (χ3n) is 7.43. The molecule has 0 bridgehead atoms. The van der Waals surface area contributed by atoms with Crippen molar-refractivity contribution in [3.8, 4) is 0 Å². The number of carboxylic acid groups (broad SMARTS) is 1. The summed E-state index contributed by atoms with van der Waals surface area (Å²) < 4.78 is 5.98. The van der Waals surface area contributed by atoms with Crippen molar-refractivity contribution < 1.29 is 19.4 Å². The fourth-order valence-corrected chi connectivity index (χ4v) is 5.23. The summed E-state index contributed by atoms with van der Waals surface area (Å²) in [7, 11) is 0. The topological polar surface area (TPSA) is 63.6 Å². The highest BCUT2D eigenvalue weighted by Gasteiger charge is 2.37. The second-order valence-corrected chi connectivity index (χ2v) is 10.4. The molecule has 0 radical (unpaired) electrons. The lowest BCUT2D eigenvalue weighted by Gasteiger charge is -2.29. The van der Waals surface area contributed by atoms with Gasteiger partial charge in [-0.15, -0.1) is 0 Å². The third-order valence-corrected chi connectivity index (χ3v) is 7.43. The van der Waals surface area contributed by atoms with E-state index < -0.39 is 17.8 Å². The number of carboxylic acids is 1. The van der Waals surface area contributed by atoms with Gasteiger partial charge in [0, 0.05) is 0 Å². The highest BCUT2D eigenvalue weighted by Crippen LogP contribution is 2.32. The van der Waals surface area contributed by atoms with Crippen molar-refractivity contribution in [1.82, 2.24) is 0 Å². The van der Waals surface area contributed by atoms with Gasteiger partial charge in [-0.2, -0.15) is 0 Å². The third kappa shape index (κ3) is 14.7. The van der Waals surface area contributed by atoms with E-state index in [-0.39, 0.29) is 12.1 Å². The maximum Gasteiger partial charge on any atom is 0.310 e. The van der Waals surface area contributed by atoms with Crippen LogP contribution >= 0.6 is 0 Å². The molecule has 0 aromatic carbocycles. The predicted octanol–water partition coefficient (Wildman–Crippen LogP) is 8.85. The number of rotatable bonds is 21. The van der Waals surface area contributed by atoms with E-state index in [2.05, 4.69) is 13.8 Å². The minimum Gasteiger partial charge on any atom is -0.481 e. The lowest BCUT2D eigenvalue weighted by molar-refractivity contribution is -0.164. The Labute approximate surface area is 204 Å². The van der Waals surface area contributed by atoms with Gasteiger partial charge < -0.3 is 9.84 Å². The van der Waals surface area contributed by atoms with Crippen LogP contribution in [0.2, 0.25) is 0 Å². The molecule has 0 saturated heterocycles. The number of esters is 1. The first-order valence-corrected chi connectivity index (χ1v) is 14.5. The Balaban J connectivity index is 2.37. The summed E-state index contributed by atoms with van der Waals surface area (Å²) in [5, 5.41) is 9.53. The fourth-order valence-electron chi connectivity index (χ4n) is 5.23. The van der Waals surface area contributed by atoms with E-state index in [0.717, 1.165) is 38.5 Å². The minimum absolute atomic E-state index is 0.0332. The molecule has 0 aromatic heterocycles. The average Bonchev–Trinajstić information content (AvgIpc) is 2.82. The van der Waals surface area contributed by atoms with Crippen LogP contribution in [0.3, 0.4) is 0 Å². The normalized spacial score (nSPS) is 19.3. The highest BCUT2D eigenvalue weighted by molar-refractivity contribution is 5.81. The lowest BCUT2D eigenvalue weighted by Crippen LogP contribution is -2.35. The van der Waals surface area contributed by atoms with Gasteiger partial charge in [0.15, 0.2) is 0 Å². The molecule has 1 aliphatic rings. The molecule has 0 heterocycles. The molecule has 0 amide bonds. The molecular weight excluding hydrogens is 412 g/mol. The first-order chi connectivity index (χ1) is 16.1. The number of ether oxygens (including phenoxy) is 1. The van der Waals surface area contributed by atoms with Crippen molar-refractivity contribution in [2.45, 2.75) is 161 Å². The molecule has 1 saturated carbocycles. The van der Waals surface area contributed by atoms with Gasteiger partial charge in [0.05, 0.1) is 11.8 Å². The van der Waals surface area contributed by atoms with Crippen LogP contribution in [0.25, 0.3) is 0 Å². The Morgan fingerprint density at radius 3 is 1.48 bits per heavy atom. The van der Waals surface area contributed by atoms with Crippen molar-refractivity contribution in [3.63, 3.8) is 0 Å². The maximum absolute atomic E-state index is 12.9. The summed E-state index contributed by atoms with van der Waals surface area (Å²) in [6.07, 6.45) is 25.4. The first-order valence-electron chi connectivity index (χ1n) is 14.5. The Kier molecular flexibility index (Phi) is 18.5. The van der Waals surface area contributed by atoms with Gasteiger partial charge in [0.25, 0.3) is 0 Å². The van der Waals surface area contributed by atoms with E-state index in [1.54, 1.807) is 0 Å². The van der Waals surface area contributed by atoms with E-state index in [1.165, 1.54) is 89.9 Å². The van der Waals surface area contributed by atoms with Gasteiger partial charge >= 0.3 is 11.9 Å². The zero-order valence-electron chi connectivity index (χ0n) is 22.0. The van der Waals surface area contributed by atoms with Crippen molar-refractivity contribution in [2.24, 2.45) is 11.8 Å². The molecule has 4 heteroatoms. The predicted molar refractivity (Wildman–Crippen MR) is 137 cm³/mol. The smallest absolute Gasteiger partial charge is 0.310 e. The van der Waals surface area contributed by atoms with Gasteiger partial charge in [-0.25, -0.2) is 0 Å². The van der Waals surface area contributed by atoms with Crippen molar-refractivity contribution in [2.75, 3.05) is 0 Å². The molecule has 0 aliphatic heterocycles. The van der Waals surface area contributed by atoms with Crippen LogP contribution in [0.4, 0.5) is 0 Å². The van der Waals surface area contributed by atoms with E-state index in [1.807, 2.05) is 0 Å². The van der Waals surface area contributed by atoms with Crippen molar-refractivity contribution in [3.05, 3.63) is 0 Å². The zero-order chi connectivity index (χ0) is 24.2. The second-order valence-electron chi connectivity index (χ2n) is 10.4. The Morgan fingerprint density at radius 2 is 1.06 bits per heavy atom. The number of carbonyl (C=O) groups is 2. The molecule has 33 heavy (non-hydrogen) atoms. The SMILES string of the molecule is CCCCCCCCCCCCC(CCCCCCCC)OC(=O)C1CCCCC1C(=O)O. The molecule has 194 valence electrons. The van der Waals surface area contributed by atoms with E-state index in [9.17, 15) is 14.7 Å². The number of hydrogen-bond donors (Lipinski definition) is 1. The average molecular weight is 467 g/mol. The van der Waals surface area contributed by atoms with Crippen LogP contribution in [-0.4, -0.2) is 23.1 Å². The molecule has 1 aliphatic carbocycles. The molecule has 3 atom stereocenters. The number of aliphatic carboxylic acids is 1. The standard InChI is InChI=1S/C29H54O4/c1-3-5-7-9-11-12-13-14-16-18-22-25(21-17-15-10-8-6-4-2)33-29(32)27-24-20-19-23-26(27)28(30)31/h25-27H,3-24H2,1-2H3,(H,30,31). The van der Waals surface area contributed by atoms with Crippen molar-refractivity contribution >= 4 is 11.9 Å². The van der Waals surface area contributed by atoms with Crippen LogP contribution < -0.4 is 0 Å². The molecule has 4 nitrogen and oxygen atoms in total. The monoisotopic (exact) mass is 466 g/mol. The minimum atomic E-state index is -0.834. The van der Waals surface area contributed by atoms with Crippen LogP contribution in [0, 0.1) is 11.8 Å². The fraction of sp³-hybridized carbons (Fsp3) is 0.931. The summed E-state index contributed by atoms with van der Waals surface area (Å²) >= 11 is 0. The second kappa shape index (κ2) is 20.3. The number of carbonyl (C=O) groups excluding carboxylic acids is 1. The largest absolute Gasteiger partial charge is 0.481 e. The van der Waals surface area contributed by atoms with E-state index >= 15 is 0 Å². The van der Waals surface area contributed by atoms with E-state index in [4.69, 9.17) is 4.74 Å². The van der Waals surface area contributed by atoms with Crippen LogP contribution in [-0.2, 0) is 14.3 Å². The summed E-state index contributed by atoms with van der Waals surface area (Å²) in [5.41, 5.74) is 0. The van der Waals surface area contributed by atoms with Crippen LogP contribution in [0.5, 0.6) is 0 Å². The van der Waals surface area contributed by atoms with Crippen LogP contribution in [0.1, 0.15) is 155 Å². The number of unbranched alkanes of at least 4 members (excludes halogenated alkanes) is 14. The highest BCUT2D eigenvalue weighted by atomic mass is 16.5. The number of hydrogen-bond acceptors (Lipinski definition) is 3. The molecular formula is C29H54O4. The molecule has 1 fully saturated rings. The molecule has 3 unspecified atom stereocenters. The Morgan fingerprint density at radius 1 is 0.667 bits per heavy atom. The van der Waals surface area contributed by atoms with Gasteiger partial charge in [0.1, 0.15) is 6.10 Å². The summed E-state index contributed by atoms with van der Waals surface area (Å²) in [5.74, 6) is -2.08. The molecule has 0 aromatic rings. The summed E-state index contributed by atoms with van der Waals surface area (Å²) in [4.78, 5) is 24.5. The van der Waals surface area contributed by atoms with Gasteiger partial charge in [0.2, 0.25) is 0 Å². The van der Waals surface area contributed by atoms with Crippen molar-refractivity contribution in [1.29, 1.82) is 0 Å². The lowest BCUT2D eigenvalue weighted by atomic mass is 9.79. The maximum atomic E-state index is 12.9. The molecule has 0 spiro atoms. The van der Waals surface area contributed by atoms with Gasteiger partial charge in [-0.3, -0.25) is 9.59 Å². The van der Waals surface area contributed by atoms with Crippen LogP contribution in [0.15, 0.2) is 0 Å². The Hall–Kier alpha value is -1.06. The molecule has 1 N–H and O–H groups in total. The van der Waals surface area contributed by atoms with Gasteiger partial charge in [-0.05, 0) is 38.5 Å². The molecule has 1 rings (SSSR count). The first kappa shape index (κ1) is 30.0. The summed E-state index contributed by atoms with van der Waals surface area (Å²) in [6, 6.07) is 0. The van der Waals surface area contributed by atoms with E-state index in [0.29, 0.717) is 12.8 Å².